The van der Waals surface area contributed by atoms with Gasteiger partial charge in [-0.15, -0.1) is 0 Å². The van der Waals surface area contributed by atoms with E-state index in [1.54, 1.807) is 0 Å². The Bertz CT molecular complexity index is 480. The minimum Gasteiger partial charge on any atom is -0.0909 e. The zero-order valence-corrected chi connectivity index (χ0v) is 11.4. The number of rotatable bonds is 2. The highest BCUT2D eigenvalue weighted by Gasteiger charge is 2.30. The zero-order chi connectivity index (χ0) is 11.6. The van der Waals surface area contributed by atoms with Crippen LogP contribution in [0.1, 0.15) is 11.1 Å². The summed E-state index contributed by atoms with van der Waals surface area (Å²) >= 11 is 16.3. The van der Waals surface area contributed by atoms with E-state index in [1.165, 1.54) is 0 Å². The van der Waals surface area contributed by atoms with Gasteiger partial charge in [0, 0.05) is 10.0 Å². The van der Waals surface area contributed by atoms with E-state index in [1.807, 2.05) is 54.6 Å². The maximum atomic E-state index is 6.43. The molecule has 2 rings (SSSR count). The fourth-order valence-electron chi connectivity index (χ4n) is 1.52. The van der Waals surface area contributed by atoms with Crippen molar-refractivity contribution in [2.45, 2.75) is 4.33 Å². The number of alkyl halides is 2. The molecule has 0 amide bonds. The first-order valence-electron chi connectivity index (χ1n) is 4.80. The van der Waals surface area contributed by atoms with E-state index < -0.39 is 4.33 Å². The maximum absolute atomic E-state index is 6.43. The predicted molar refractivity (Wildman–Crippen MR) is 73.1 cm³/mol. The van der Waals surface area contributed by atoms with E-state index in [2.05, 4.69) is 15.9 Å². The molecule has 0 saturated heterocycles. The molecule has 16 heavy (non-hydrogen) atoms. The molecule has 0 fully saturated rings. The summed E-state index contributed by atoms with van der Waals surface area (Å²) in [7, 11) is 0. The molecule has 0 N–H and O–H groups in total. The van der Waals surface area contributed by atoms with Gasteiger partial charge >= 0.3 is 0 Å². The van der Waals surface area contributed by atoms with Crippen LogP contribution >= 0.6 is 39.1 Å². The molecule has 0 nitrogen and oxygen atoms in total. The smallest absolute Gasteiger partial charge is 0.0909 e. The quantitative estimate of drug-likeness (QED) is 0.674. The summed E-state index contributed by atoms with van der Waals surface area (Å²) in [6.45, 7) is 0. The van der Waals surface area contributed by atoms with Crippen molar-refractivity contribution in [1.29, 1.82) is 0 Å². The van der Waals surface area contributed by atoms with Crippen LogP contribution in [0.5, 0.6) is 0 Å². The Balaban J connectivity index is 2.51. The average Bonchev–Trinajstić information content (AvgIpc) is 2.30. The second-order valence-electron chi connectivity index (χ2n) is 3.42. The van der Waals surface area contributed by atoms with Crippen LogP contribution in [0.15, 0.2) is 59.1 Å². The van der Waals surface area contributed by atoms with Gasteiger partial charge < -0.3 is 0 Å². The Morgan fingerprint density at radius 1 is 0.812 bits per heavy atom. The van der Waals surface area contributed by atoms with Crippen LogP contribution in [0.2, 0.25) is 0 Å². The molecule has 2 aromatic rings. The highest BCUT2D eigenvalue weighted by molar-refractivity contribution is 9.10. The van der Waals surface area contributed by atoms with Crippen LogP contribution < -0.4 is 0 Å². The van der Waals surface area contributed by atoms with Gasteiger partial charge in [-0.05, 0) is 11.6 Å². The average molecular weight is 316 g/mol. The highest BCUT2D eigenvalue weighted by atomic mass is 79.9. The fraction of sp³-hybridized carbons (Fsp3) is 0.0769. The van der Waals surface area contributed by atoms with Crippen molar-refractivity contribution >= 4 is 39.1 Å². The van der Waals surface area contributed by atoms with Gasteiger partial charge in [0.15, 0.2) is 4.33 Å². The molecule has 0 unspecified atom stereocenters. The second kappa shape index (κ2) is 4.79. The zero-order valence-electron chi connectivity index (χ0n) is 8.33. The number of hydrogen-bond donors (Lipinski definition) is 0. The third-order valence-corrected chi connectivity index (χ3v) is 3.88. The van der Waals surface area contributed by atoms with Crippen molar-refractivity contribution in [1.82, 2.24) is 0 Å². The summed E-state index contributed by atoms with van der Waals surface area (Å²) in [5, 5.41) is 0. The number of halogens is 3. The molecular formula is C13H9BrCl2. The molecule has 82 valence electrons. The van der Waals surface area contributed by atoms with E-state index in [9.17, 15) is 0 Å². The van der Waals surface area contributed by atoms with Gasteiger partial charge in [0.05, 0.1) is 0 Å². The summed E-state index contributed by atoms with van der Waals surface area (Å²) in [5.74, 6) is 0. The molecule has 0 saturated carbocycles. The monoisotopic (exact) mass is 314 g/mol. The maximum Gasteiger partial charge on any atom is 0.169 e. The summed E-state index contributed by atoms with van der Waals surface area (Å²) in [5.41, 5.74) is 1.72. The van der Waals surface area contributed by atoms with Crippen molar-refractivity contribution in [3.63, 3.8) is 0 Å². The van der Waals surface area contributed by atoms with E-state index >= 15 is 0 Å². The van der Waals surface area contributed by atoms with Crippen LogP contribution in [0.3, 0.4) is 0 Å². The minimum atomic E-state index is -1.03. The second-order valence-corrected chi connectivity index (χ2v) is 5.60. The number of benzene rings is 2. The van der Waals surface area contributed by atoms with Gasteiger partial charge in [-0.3, -0.25) is 0 Å². The van der Waals surface area contributed by atoms with E-state index in [0.717, 1.165) is 15.6 Å². The molecular weight excluding hydrogens is 307 g/mol. The van der Waals surface area contributed by atoms with Crippen molar-refractivity contribution in [2.24, 2.45) is 0 Å². The van der Waals surface area contributed by atoms with Crippen LogP contribution in [-0.4, -0.2) is 0 Å². The third kappa shape index (κ3) is 2.27. The third-order valence-electron chi connectivity index (χ3n) is 2.35. The fourth-order valence-corrected chi connectivity index (χ4v) is 2.91. The lowest BCUT2D eigenvalue weighted by molar-refractivity contribution is 1.03. The summed E-state index contributed by atoms with van der Waals surface area (Å²) in [6, 6.07) is 17.3. The van der Waals surface area contributed by atoms with Gasteiger partial charge in [0.1, 0.15) is 0 Å². The lowest BCUT2D eigenvalue weighted by Gasteiger charge is -2.21. The van der Waals surface area contributed by atoms with E-state index in [0.29, 0.717) is 0 Å². The van der Waals surface area contributed by atoms with E-state index in [-0.39, 0.29) is 0 Å². The minimum absolute atomic E-state index is 0.851. The standard InChI is InChI=1S/C13H9BrCl2/c14-12-9-5-4-8-11(12)13(15,16)10-6-2-1-3-7-10/h1-9H. The first-order valence-corrected chi connectivity index (χ1v) is 6.35. The summed E-state index contributed by atoms with van der Waals surface area (Å²) in [6.07, 6.45) is 0. The Morgan fingerprint density at radius 2 is 1.38 bits per heavy atom. The Kier molecular flexibility index (Phi) is 3.58. The van der Waals surface area contributed by atoms with Crippen LogP contribution in [-0.2, 0) is 4.33 Å². The lowest BCUT2D eigenvalue weighted by atomic mass is 10.0. The highest BCUT2D eigenvalue weighted by Crippen LogP contribution is 2.43. The van der Waals surface area contributed by atoms with Gasteiger partial charge in [-0.25, -0.2) is 0 Å². The SMILES string of the molecule is ClC(Cl)(c1ccccc1)c1ccccc1Br. The normalized spacial score (nSPS) is 11.4. The van der Waals surface area contributed by atoms with Gasteiger partial charge in [0.2, 0.25) is 0 Å². The van der Waals surface area contributed by atoms with Crippen LogP contribution in [0, 0.1) is 0 Å². The van der Waals surface area contributed by atoms with Gasteiger partial charge in [-0.1, -0.05) is 87.7 Å². The van der Waals surface area contributed by atoms with Crippen LogP contribution in [0.4, 0.5) is 0 Å². The Hall–Kier alpha value is -0.500. The Labute approximate surface area is 113 Å². The van der Waals surface area contributed by atoms with Crippen LogP contribution in [0.25, 0.3) is 0 Å². The molecule has 0 aliphatic carbocycles. The summed E-state index contributed by atoms with van der Waals surface area (Å²) in [4.78, 5) is 0. The molecule has 0 aromatic heterocycles. The Morgan fingerprint density at radius 3 is 2.00 bits per heavy atom. The number of hydrogen-bond acceptors (Lipinski definition) is 0. The summed E-state index contributed by atoms with van der Waals surface area (Å²) < 4.78 is -0.120. The molecule has 0 radical (unpaired) electrons. The van der Waals surface area contributed by atoms with Gasteiger partial charge in [-0.2, -0.15) is 0 Å². The molecule has 0 spiro atoms. The molecule has 3 heteroatoms. The molecule has 0 heterocycles. The topological polar surface area (TPSA) is 0 Å². The lowest BCUT2D eigenvalue weighted by Crippen LogP contribution is -2.12. The van der Waals surface area contributed by atoms with Gasteiger partial charge in [0.25, 0.3) is 0 Å². The molecule has 0 aliphatic heterocycles. The van der Waals surface area contributed by atoms with Crippen molar-refractivity contribution in [2.75, 3.05) is 0 Å². The molecule has 0 bridgehead atoms. The van der Waals surface area contributed by atoms with Crippen molar-refractivity contribution in [3.05, 3.63) is 70.2 Å². The van der Waals surface area contributed by atoms with Crippen molar-refractivity contribution < 1.29 is 0 Å². The van der Waals surface area contributed by atoms with Crippen molar-refractivity contribution in [3.8, 4) is 0 Å². The molecule has 0 aliphatic rings. The molecule has 2 aromatic carbocycles. The molecule has 0 atom stereocenters. The largest absolute Gasteiger partial charge is 0.169 e. The predicted octanol–water partition coefficient (Wildman–Crippen LogP) is 5.13. The van der Waals surface area contributed by atoms with E-state index in [4.69, 9.17) is 23.2 Å². The first kappa shape index (κ1) is 12.0. The first-order chi connectivity index (χ1) is 7.62.